The number of nitrogens with one attached hydrogen (secondary N) is 1. The van der Waals surface area contributed by atoms with Crippen molar-refractivity contribution in [2.24, 2.45) is 10.7 Å². The number of anilines is 1. The first kappa shape index (κ1) is 28.0. The summed E-state index contributed by atoms with van der Waals surface area (Å²) in [6, 6.07) is 0.976. The smallest absolute Gasteiger partial charge is 0.279 e. The molecule has 5 N–H and O–H groups in total. The van der Waals surface area contributed by atoms with Gasteiger partial charge in [-0.1, -0.05) is 6.58 Å². The first-order chi connectivity index (χ1) is 17.9. The largest absolute Gasteiger partial charge is 0.384 e. The number of aromatic nitrogens is 8. The molecular weight excluding hydrogens is 484 g/mol. The number of amidine groups is 1. The Balaban J connectivity index is 0.000000159. The molecule has 0 aliphatic carbocycles. The number of H-pyrrole nitrogens is 1. The van der Waals surface area contributed by atoms with Crippen LogP contribution >= 0.6 is 0 Å². The second kappa shape index (κ2) is 11.7. The summed E-state index contributed by atoms with van der Waals surface area (Å²) < 4.78 is 3.85. The number of nitrogens with zero attached hydrogens (tertiary/aromatic N) is 9. The molecule has 0 saturated carbocycles. The van der Waals surface area contributed by atoms with E-state index in [-0.39, 0.29) is 11.6 Å². The summed E-state index contributed by atoms with van der Waals surface area (Å²) in [5, 5.41) is 0. The van der Waals surface area contributed by atoms with E-state index in [2.05, 4.69) is 69.2 Å². The van der Waals surface area contributed by atoms with Gasteiger partial charge < -0.3 is 30.5 Å². The van der Waals surface area contributed by atoms with Gasteiger partial charge in [0.1, 0.15) is 29.3 Å². The lowest BCUT2D eigenvalue weighted by Crippen LogP contribution is -2.28. The topological polar surface area (TPSA) is 175 Å². The van der Waals surface area contributed by atoms with E-state index in [4.69, 9.17) is 11.5 Å². The van der Waals surface area contributed by atoms with Crippen molar-refractivity contribution >= 4 is 34.0 Å². The van der Waals surface area contributed by atoms with Gasteiger partial charge in [-0.3, -0.25) is 4.79 Å². The van der Waals surface area contributed by atoms with Crippen molar-refractivity contribution in [3.63, 3.8) is 0 Å². The molecule has 5 heterocycles. The van der Waals surface area contributed by atoms with Crippen molar-refractivity contribution in [1.82, 2.24) is 43.9 Å². The number of fused-ring (bicyclic) bond motifs is 2. The summed E-state index contributed by atoms with van der Waals surface area (Å²) in [4.78, 5) is 40.5. The molecule has 1 aliphatic heterocycles. The molecule has 0 unspecified atom stereocenters. The van der Waals surface area contributed by atoms with Crippen LogP contribution in [0, 0.1) is 6.92 Å². The number of nitrogen functional groups attached to an aromatic ring is 1. The maximum atomic E-state index is 11.5. The van der Waals surface area contributed by atoms with Crippen LogP contribution in [0.2, 0.25) is 0 Å². The Bertz CT molecular complexity index is 1540. The van der Waals surface area contributed by atoms with Gasteiger partial charge in [-0.05, 0) is 54.5 Å². The molecule has 0 amide bonds. The summed E-state index contributed by atoms with van der Waals surface area (Å²) in [5.74, 6) is 2.28. The van der Waals surface area contributed by atoms with Crippen molar-refractivity contribution in [2.45, 2.75) is 66.6 Å². The van der Waals surface area contributed by atoms with Crippen LogP contribution in [0.1, 0.15) is 59.5 Å². The number of aromatic amines is 1. The van der Waals surface area contributed by atoms with Gasteiger partial charge in [-0.2, -0.15) is 0 Å². The lowest BCUT2D eigenvalue weighted by atomic mass is 10.3. The van der Waals surface area contributed by atoms with E-state index in [1.54, 1.807) is 25.7 Å². The van der Waals surface area contributed by atoms with Gasteiger partial charge in [0.25, 0.3) is 5.56 Å². The SMILES string of the molecule is C=C1N=C(N)C=CN1C(C)C.CC(C)n1cnc2c(N)ncnc21.Cc1nc2c(ncn2C(C)C)c(=O)[nH]1. The van der Waals surface area contributed by atoms with Gasteiger partial charge in [-0.15, -0.1) is 0 Å². The summed E-state index contributed by atoms with van der Waals surface area (Å²) in [5.41, 5.74) is 13.5. The van der Waals surface area contributed by atoms with E-state index >= 15 is 0 Å². The third-order valence-corrected chi connectivity index (χ3v) is 5.57. The van der Waals surface area contributed by atoms with Crippen LogP contribution in [0.5, 0.6) is 0 Å². The average molecular weight is 521 g/mol. The number of aryl methyl sites for hydroxylation is 1. The van der Waals surface area contributed by atoms with Crippen molar-refractivity contribution in [1.29, 1.82) is 0 Å². The Hall–Kier alpha value is -4.55. The molecule has 1 aliphatic rings. The normalized spacial score (nSPS) is 13.2. The lowest BCUT2D eigenvalue weighted by molar-refractivity contribution is 0.380. The molecule has 0 atom stereocenters. The Morgan fingerprint density at radius 2 is 1.47 bits per heavy atom. The molecule has 0 aromatic carbocycles. The van der Waals surface area contributed by atoms with Crippen LogP contribution in [-0.2, 0) is 0 Å². The predicted molar refractivity (Wildman–Crippen MR) is 150 cm³/mol. The van der Waals surface area contributed by atoms with Crippen LogP contribution in [0.3, 0.4) is 0 Å². The summed E-state index contributed by atoms with van der Waals surface area (Å²) >= 11 is 0. The molecule has 38 heavy (non-hydrogen) atoms. The Morgan fingerprint density at radius 3 is 2.05 bits per heavy atom. The van der Waals surface area contributed by atoms with Gasteiger partial charge >= 0.3 is 0 Å². The Labute approximate surface area is 221 Å². The number of rotatable bonds is 3. The highest BCUT2D eigenvalue weighted by molar-refractivity contribution is 5.92. The maximum Gasteiger partial charge on any atom is 0.279 e. The molecule has 202 valence electrons. The van der Waals surface area contributed by atoms with Crippen molar-refractivity contribution in [3.05, 3.63) is 59.8 Å². The van der Waals surface area contributed by atoms with E-state index in [1.807, 2.05) is 34.1 Å². The van der Waals surface area contributed by atoms with Gasteiger partial charge in [0, 0.05) is 24.3 Å². The average Bonchev–Trinajstić information content (AvgIpc) is 3.45. The number of hydrogen-bond acceptors (Lipinski definition) is 10. The molecule has 0 saturated heterocycles. The van der Waals surface area contributed by atoms with E-state index in [9.17, 15) is 4.79 Å². The molecule has 13 nitrogen and oxygen atoms in total. The highest BCUT2D eigenvalue weighted by atomic mass is 16.1. The monoisotopic (exact) mass is 520 g/mol. The number of hydrogen-bond donors (Lipinski definition) is 3. The van der Waals surface area contributed by atoms with Crippen LogP contribution in [0.4, 0.5) is 5.82 Å². The first-order valence-electron chi connectivity index (χ1n) is 12.3. The number of imidazole rings is 2. The Kier molecular flexibility index (Phi) is 8.61. The van der Waals surface area contributed by atoms with Gasteiger partial charge in [-0.25, -0.2) is 29.9 Å². The zero-order valence-corrected chi connectivity index (χ0v) is 22.9. The Morgan fingerprint density at radius 1 is 0.868 bits per heavy atom. The predicted octanol–water partition coefficient (Wildman–Crippen LogP) is 3.05. The fourth-order valence-electron chi connectivity index (χ4n) is 3.62. The fourth-order valence-corrected chi connectivity index (χ4v) is 3.62. The molecule has 13 heteroatoms. The van der Waals surface area contributed by atoms with E-state index in [1.165, 1.54) is 6.33 Å². The zero-order valence-electron chi connectivity index (χ0n) is 22.9. The number of nitrogens with two attached hydrogens (primary N) is 2. The third kappa shape index (κ3) is 6.22. The van der Waals surface area contributed by atoms with Crippen molar-refractivity contribution in [2.75, 3.05) is 5.73 Å². The maximum absolute atomic E-state index is 11.5. The van der Waals surface area contributed by atoms with Crippen LogP contribution in [0.25, 0.3) is 22.3 Å². The van der Waals surface area contributed by atoms with Crippen molar-refractivity contribution in [3.8, 4) is 0 Å². The summed E-state index contributed by atoms with van der Waals surface area (Å²) in [7, 11) is 0. The van der Waals surface area contributed by atoms with Gasteiger partial charge in [0.2, 0.25) is 0 Å². The quantitative estimate of drug-likeness (QED) is 0.366. The lowest BCUT2D eigenvalue weighted by Gasteiger charge is -2.26. The molecular formula is C25H36N12O. The molecule has 4 aromatic rings. The molecule has 4 aromatic heterocycles. The second-order valence-electron chi connectivity index (χ2n) is 9.52. The third-order valence-electron chi connectivity index (χ3n) is 5.57. The molecule has 0 fully saturated rings. The zero-order chi connectivity index (χ0) is 28.1. The minimum Gasteiger partial charge on any atom is -0.384 e. The van der Waals surface area contributed by atoms with Crippen LogP contribution < -0.4 is 17.0 Å². The summed E-state index contributed by atoms with van der Waals surface area (Å²) in [6.07, 6.45) is 8.51. The highest BCUT2D eigenvalue weighted by Gasteiger charge is 2.12. The van der Waals surface area contributed by atoms with E-state index in [0.717, 1.165) is 5.65 Å². The molecule has 0 spiro atoms. The van der Waals surface area contributed by atoms with E-state index < -0.39 is 0 Å². The van der Waals surface area contributed by atoms with E-state index in [0.29, 0.717) is 52.1 Å². The minimum absolute atomic E-state index is 0.174. The van der Waals surface area contributed by atoms with Crippen molar-refractivity contribution < 1.29 is 0 Å². The number of aliphatic imine (C=N–C) groups is 1. The van der Waals surface area contributed by atoms with Crippen LogP contribution in [0.15, 0.2) is 53.4 Å². The van der Waals surface area contributed by atoms with Gasteiger partial charge in [0.05, 0.1) is 12.7 Å². The second-order valence-corrected chi connectivity index (χ2v) is 9.52. The fraction of sp³-hybridized carbons (Fsp3) is 0.400. The molecule has 5 rings (SSSR count). The highest BCUT2D eigenvalue weighted by Crippen LogP contribution is 2.17. The summed E-state index contributed by atoms with van der Waals surface area (Å²) in [6.45, 7) is 17.9. The standard InChI is InChI=1S/C9H12N4O.C8H11N5.C8H13N3/c1-5(2)13-4-10-7-8(13)11-6(3)12-9(7)14;1-5(2)13-4-12-6-7(9)10-3-11-8(6)13;1-6(2)11-5-4-8(9)10-7(11)3/h4-5H,1-3H3,(H,11,12,14);3-5H,1-2H3,(H2,9,10,11);4-6H,3H2,1-2H3,(H2,9,10). The van der Waals surface area contributed by atoms with Crippen LogP contribution in [-0.4, -0.2) is 55.8 Å². The first-order valence-corrected chi connectivity index (χ1v) is 12.3. The molecule has 0 bridgehead atoms. The van der Waals surface area contributed by atoms with Gasteiger partial charge in [0.15, 0.2) is 22.6 Å². The molecule has 0 radical (unpaired) electrons. The minimum atomic E-state index is -0.174.